The van der Waals surface area contributed by atoms with Crippen molar-refractivity contribution in [3.63, 3.8) is 0 Å². The summed E-state index contributed by atoms with van der Waals surface area (Å²) in [6.45, 7) is 3.20. The topological polar surface area (TPSA) is 29.5 Å². The van der Waals surface area contributed by atoms with Crippen LogP contribution in [0, 0.1) is 0 Å². The van der Waals surface area contributed by atoms with E-state index >= 15 is 0 Å². The van der Waals surface area contributed by atoms with E-state index in [2.05, 4.69) is 0 Å². The monoisotopic (exact) mass is 141 g/mol. The van der Waals surface area contributed by atoms with Gasteiger partial charge in [-0.25, -0.2) is 0 Å². The number of hydrogen-bond acceptors (Lipinski definition) is 2. The Morgan fingerprint density at radius 3 is 2.80 bits per heavy atom. The molecular weight excluding hydrogens is 130 g/mol. The van der Waals surface area contributed by atoms with E-state index in [1.807, 2.05) is 4.90 Å². The average molecular weight is 141 g/mol. The molecule has 10 heavy (non-hydrogen) atoms. The van der Waals surface area contributed by atoms with E-state index in [1.54, 1.807) is 6.92 Å². The minimum Gasteiger partial charge on any atom is -0.374 e. The van der Waals surface area contributed by atoms with Crippen molar-refractivity contribution in [1.29, 1.82) is 0 Å². The van der Waals surface area contributed by atoms with Crippen molar-refractivity contribution >= 4 is 5.91 Å². The number of rotatable bonds is 0. The fraction of sp³-hybridized carbons (Fsp3) is 0.857. The molecule has 2 atom stereocenters. The highest BCUT2D eigenvalue weighted by atomic mass is 16.5. The normalized spacial score (nSPS) is 37.1. The van der Waals surface area contributed by atoms with Gasteiger partial charge in [-0.05, 0) is 6.42 Å². The standard InChI is InChI=1S/C7H11NO2/c1-5(9)8-3-7-2-6(8)4-10-7/h6-7H,2-4H2,1H3/t6-,7?/m1/s1. The molecule has 0 saturated carbocycles. The Kier molecular flexibility index (Phi) is 1.20. The Balaban J connectivity index is 2.08. The third-order valence-corrected chi connectivity index (χ3v) is 2.30. The average Bonchev–Trinajstić information content (AvgIpc) is 2.44. The molecule has 0 aliphatic carbocycles. The van der Waals surface area contributed by atoms with Gasteiger partial charge in [-0.2, -0.15) is 0 Å². The van der Waals surface area contributed by atoms with Gasteiger partial charge in [0.25, 0.3) is 0 Å². The molecule has 0 radical (unpaired) electrons. The zero-order chi connectivity index (χ0) is 7.14. The molecule has 2 bridgehead atoms. The van der Waals surface area contributed by atoms with Gasteiger partial charge in [0, 0.05) is 13.5 Å². The van der Waals surface area contributed by atoms with Gasteiger partial charge < -0.3 is 9.64 Å². The first kappa shape index (κ1) is 6.16. The minimum absolute atomic E-state index is 0.191. The van der Waals surface area contributed by atoms with E-state index in [9.17, 15) is 4.79 Å². The lowest BCUT2D eigenvalue weighted by atomic mass is 10.2. The van der Waals surface area contributed by atoms with Crippen LogP contribution in [0.5, 0.6) is 0 Å². The van der Waals surface area contributed by atoms with Gasteiger partial charge in [0.1, 0.15) is 0 Å². The summed E-state index contributed by atoms with van der Waals surface area (Å²) < 4.78 is 5.34. The van der Waals surface area contributed by atoms with E-state index in [-0.39, 0.29) is 5.91 Å². The van der Waals surface area contributed by atoms with Gasteiger partial charge >= 0.3 is 0 Å². The number of hydrogen-bond donors (Lipinski definition) is 0. The van der Waals surface area contributed by atoms with Crippen molar-refractivity contribution in [2.75, 3.05) is 13.2 Å². The maximum absolute atomic E-state index is 10.9. The van der Waals surface area contributed by atoms with E-state index < -0.39 is 0 Å². The zero-order valence-corrected chi connectivity index (χ0v) is 6.04. The second kappa shape index (κ2) is 1.95. The van der Waals surface area contributed by atoms with Crippen molar-refractivity contribution in [2.24, 2.45) is 0 Å². The number of carbonyl (C=O) groups excluding carboxylic acids is 1. The van der Waals surface area contributed by atoms with Crippen LogP contribution in [0.1, 0.15) is 13.3 Å². The largest absolute Gasteiger partial charge is 0.374 e. The Morgan fingerprint density at radius 1 is 1.70 bits per heavy atom. The molecule has 56 valence electrons. The van der Waals surface area contributed by atoms with E-state index in [4.69, 9.17) is 4.74 Å². The number of likely N-dealkylation sites (tertiary alicyclic amines) is 1. The molecule has 2 aliphatic heterocycles. The molecule has 0 aromatic rings. The first-order chi connectivity index (χ1) is 4.77. The van der Waals surface area contributed by atoms with Crippen LogP contribution in [0.3, 0.4) is 0 Å². The lowest BCUT2D eigenvalue weighted by molar-refractivity contribution is -0.133. The molecule has 2 aliphatic rings. The fourth-order valence-corrected chi connectivity index (χ4v) is 1.79. The second-order valence-electron chi connectivity index (χ2n) is 3.02. The van der Waals surface area contributed by atoms with Gasteiger partial charge in [-0.1, -0.05) is 0 Å². The smallest absolute Gasteiger partial charge is 0.219 e. The van der Waals surface area contributed by atoms with Crippen LogP contribution in [0.4, 0.5) is 0 Å². The molecule has 1 unspecified atom stereocenters. The molecule has 0 aromatic carbocycles. The van der Waals surface area contributed by atoms with Gasteiger partial charge in [0.2, 0.25) is 5.91 Å². The number of fused-ring (bicyclic) bond motifs is 2. The first-order valence-corrected chi connectivity index (χ1v) is 3.66. The molecule has 2 rings (SSSR count). The second-order valence-corrected chi connectivity index (χ2v) is 3.02. The lowest BCUT2D eigenvalue weighted by Gasteiger charge is -2.25. The SMILES string of the molecule is CC(=O)N1CC2C[C@@H]1CO2. The highest BCUT2D eigenvalue weighted by molar-refractivity contribution is 5.74. The molecule has 2 heterocycles. The first-order valence-electron chi connectivity index (χ1n) is 3.66. The summed E-state index contributed by atoms with van der Waals surface area (Å²) in [6, 6.07) is 0.391. The minimum atomic E-state index is 0.191. The van der Waals surface area contributed by atoms with E-state index in [1.165, 1.54) is 0 Å². The van der Waals surface area contributed by atoms with Crippen LogP contribution in [0.25, 0.3) is 0 Å². The van der Waals surface area contributed by atoms with Gasteiger partial charge in [-0.3, -0.25) is 4.79 Å². The highest BCUT2D eigenvalue weighted by Gasteiger charge is 2.39. The van der Waals surface area contributed by atoms with E-state index in [0.29, 0.717) is 12.1 Å². The zero-order valence-electron chi connectivity index (χ0n) is 6.04. The van der Waals surface area contributed by atoms with Crippen LogP contribution in [-0.4, -0.2) is 36.1 Å². The summed E-state index contributed by atoms with van der Waals surface area (Å²) in [5, 5.41) is 0. The molecule has 0 spiro atoms. The molecule has 1 amide bonds. The van der Waals surface area contributed by atoms with Crippen molar-refractivity contribution in [3.05, 3.63) is 0 Å². The maximum Gasteiger partial charge on any atom is 0.219 e. The summed E-state index contributed by atoms with van der Waals surface area (Å²) in [5.74, 6) is 0.191. The Labute approximate surface area is 60.0 Å². The molecule has 3 nitrogen and oxygen atoms in total. The molecule has 3 heteroatoms. The lowest BCUT2D eigenvalue weighted by Crippen LogP contribution is -2.39. The van der Waals surface area contributed by atoms with Crippen molar-refractivity contribution in [2.45, 2.75) is 25.5 Å². The quantitative estimate of drug-likeness (QED) is 0.475. The third-order valence-electron chi connectivity index (χ3n) is 2.30. The molecule has 2 fully saturated rings. The summed E-state index contributed by atoms with van der Waals surface area (Å²) in [4.78, 5) is 12.8. The van der Waals surface area contributed by atoms with Crippen LogP contribution in [0.15, 0.2) is 0 Å². The summed E-state index contributed by atoms with van der Waals surface area (Å²) in [7, 11) is 0. The number of nitrogens with zero attached hydrogens (tertiary/aromatic N) is 1. The van der Waals surface area contributed by atoms with Crippen LogP contribution < -0.4 is 0 Å². The van der Waals surface area contributed by atoms with Crippen molar-refractivity contribution in [3.8, 4) is 0 Å². The Morgan fingerprint density at radius 2 is 2.50 bits per heavy atom. The summed E-state index contributed by atoms with van der Waals surface area (Å²) in [6.07, 6.45) is 1.40. The van der Waals surface area contributed by atoms with Crippen LogP contribution >= 0.6 is 0 Å². The molecule has 2 saturated heterocycles. The predicted molar refractivity (Wildman–Crippen MR) is 35.5 cm³/mol. The van der Waals surface area contributed by atoms with Crippen LogP contribution in [-0.2, 0) is 9.53 Å². The number of ether oxygens (including phenoxy) is 1. The number of carbonyl (C=O) groups is 1. The van der Waals surface area contributed by atoms with Gasteiger partial charge in [0.15, 0.2) is 0 Å². The molecule has 0 aromatic heterocycles. The number of morpholine rings is 1. The molecule has 0 N–H and O–H groups in total. The summed E-state index contributed by atoms with van der Waals surface area (Å²) >= 11 is 0. The fourth-order valence-electron chi connectivity index (χ4n) is 1.79. The van der Waals surface area contributed by atoms with Gasteiger partial charge in [0.05, 0.1) is 18.8 Å². The van der Waals surface area contributed by atoms with Crippen molar-refractivity contribution in [1.82, 2.24) is 4.90 Å². The van der Waals surface area contributed by atoms with Crippen LogP contribution in [0.2, 0.25) is 0 Å². The van der Waals surface area contributed by atoms with Gasteiger partial charge in [-0.15, -0.1) is 0 Å². The molecular formula is C7H11NO2. The third kappa shape index (κ3) is 0.736. The highest BCUT2D eigenvalue weighted by Crippen LogP contribution is 2.27. The van der Waals surface area contributed by atoms with E-state index in [0.717, 1.165) is 19.6 Å². The Bertz CT molecular complexity index is 169. The van der Waals surface area contributed by atoms with Crippen molar-refractivity contribution < 1.29 is 9.53 Å². The predicted octanol–water partition coefficient (Wildman–Crippen LogP) is 0.00600. The summed E-state index contributed by atoms with van der Waals surface area (Å²) in [5.41, 5.74) is 0. The maximum atomic E-state index is 10.9. The number of amides is 1. The Hall–Kier alpha value is -0.570.